The maximum atomic E-state index is 13.5. The van der Waals surface area contributed by atoms with Crippen LogP contribution in [0, 0.1) is 5.41 Å². The first-order valence-corrected chi connectivity index (χ1v) is 16.7. The number of piperidine rings is 1. The molecule has 2 aliphatic carbocycles. The van der Waals surface area contributed by atoms with Crippen molar-refractivity contribution in [2.45, 2.75) is 81.1 Å². The van der Waals surface area contributed by atoms with Crippen LogP contribution in [0.4, 0.5) is 17.1 Å². The number of sulfonamides is 2. The van der Waals surface area contributed by atoms with Crippen LogP contribution >= 0.6 is 0 Å². The van der Waals surface area contributed by atoms with E-state index in [-0.39, 0.29) is 17.7 Å². The molecular weight excluding hydrogens is 552 g/mol. The highest BCUT2D eigenvalue weighted by Crippen LogP contribution is 2.54. The number of anilines is 3. The van der Waals surface area contributed by atoms with E-state index in [4.69, 9.17) is 0 Å². The highest BCUT2D eigenvalue weighted by atomic mass is 32.2. The minimum absolute atomic E-state index is 0.0390. The van der Waals surface area contributed by atoms with Crippen LogP contribution in [-0.4, -0.2) is 57.8 Å². The number of hydrogen-bond acceptors (Lipinski definition) is 7. The molecule has 218 valence electrons. The van der Waals surface area contributed by atoms with Crippen molar-refractivity contribution in [2.24, 2.45) is 5.41 Å². The molecule has 1 heterocycles. The first kappa shape index (κ1) is 28.8. The molecular formula is C28H38N4O6S2. The summed E-state index contributed by atoms with van der Waals surface area (Å²) < 4.78 is 56.5. The summed E-state index contributed by atoms with van der Waals surface area (Å²) >= 11 is 0. The molecule has 2 aromatic rings. The Balaban J connectivity index is 1.40. The Hall–Kier alpha value is -2.67. The standard InChI is InChI=1S/C28H38N4O6S2/c1-27(2,3)31-40(37,38)22-6-4-5-19(15-22)29-26(34)24-8-7-20(30-39(35,36)23-17-21(33)18-23)16-25(24)32-13-11-28(9-10-28)12-14-32/h4-8,15-16,21,23,30-31,33H,9-14,17-18H2,1-3H3,(H,29,34). The molecule has 0 atom stereocenters. The Morgan fingerprint density at radius 3 is 2.23 bits per heavy atom. The van der Waals surface area contributed by atoms with Gasteiger partial charge in [0.05, 0.1) is 33.2 Å². The number of aliphatic hydroxyl groups excluding tert-OH is 1. The average molecular weight is 591 g/mol. The summed E-state index contributed by atoms with van der Waals surface area (Å²) in [7, 11) is -7.46. The van der Waals surface area contributed by atoms with E-state index in [9.17, 15) is 26.7 Å². The van der Waals surface area contributed by atoms with E-state index in [1.165, 1.54) is 25.0 Å². The van der Waals surface area contributed by atoms with Crippen molar-refractivity contribution in [1.82, 2.24) is 4.72 Å². The number of amides is 1. The lowest BCUT2D eigenvalue weighted by molar-refractivity contribution is 0.0978. The first-order valence-electron chi connectivity index (χ1n) is 13.7. The Morgan fingerprint density at radius 1 is 0.950 bits per heavy atom. The van der Waals surface area contributed by atoms with Crippen LogP contribution < -0.4 is 19.7 Å². The summed E-state index contributed by atoms with van der Waals surface area (Å²) in [6.07, 6.45) is 4.31. The molecule has 0 radical (unpaired) electrons. The second kappa shape index (κ2) is 10.3. The van der Waals surface area contributed by atoms with Crippen molar-refractivity contribution in [3.63, 3.8) is 0 Å². The van der Waals surface area contributed by atoms with E-state index >= 15 is 0 Å². The second-order valence-electron chi connectivity index (χ2n) is 12.5. The predicted octanol–water partition coefficient (Wildman–Crippen LogP) is 3.66. The van der Waals surface area contributed by atoms with Crippen molar-refractivity contribution in [1.29, 1.82) is 0 Å². The van der Waals surface area contributed by atoms with E-state index < -0.39 is 42.8 Å². The molecule has 0 bridgehead atoms. The number of nitrogens with zero attached hydrogens (tertiary/aromatic N) is 1. The molecule has 1 spiro atoms. The summed E-state index contributed by atoms with van der Waals surface area (Å²) in [5.41, 5.74) is 1.44. The fraction of sp³-hybridized carbons (Fsp3) is 0.536. The van der Waals surface area contributed by atoms with Gasteiger partial charge in [-0.3, -0.25) is 9.52 Å². The summed E-state index contributed by atoms with van der Waals surface area (Å²) in [6, 6.07) is 10.9. The lowest BCUT2D eigenvalue weighted by Gasteiger charge is -2.35. The monoisotopic (exact) mass is 590 g/mol. The largest absolute Gasteiger partial charge is 0.393 e. The summed E-state index contributed by atoms with van der Waals surface area (Å²) in [5, 5.41) is 11.7. The third kappa shape index (κ3) is 6.45. The normalized spacial score (nSPS) is 22.4. The molecule has 1 saturated heterocycles. The molecule has 40 heavy (non-hydrogen) atoms. The number of hydrogen-bond donors (Lipinski definition) is 4. The maximum Gasteiger partial charge on any atom is 0.257 e. The Bertz CT molecular complexity index is 1500. The third-order valence-corrected chi connectivity index (χ3v) is 11.5. The van der Waals surface area contributed by atoms with Crippen molar-refractivity contribution in [3.05, 3.63) is 48.0 Å². The zero-order chi connectivity index (χ0) is 28.9. The maximum absolute atomic E-state index is 13.5. The van der Waals surface area contributed by atoms with Gasteiger partial charge in [-0.05, 0) is 101 Å². The fourth-order valence-corrected chi connectivity index (χ4v) is 8.42. The van der Waals surface area contributed by atoms with Gasteiger partial charge in [0.2, 0.25) is 20.0 Å². The van der Waals surface area contributed by atoms with Gasteiger partial charge in [0.1, 0.15) is 0 Å². The number of carbonyl (C=O) groups excluding carboxylic acids is 1. The molecule has 1 amide bonds. The Kier molecular flexibility index (Phi) is 7.43. The number of benzene rings is 2. The summed E-state index contributed by atoms with van der Waals surface area (Å²) in [4.78, 5) is 15.7. The fourth-order valence-electron chi connectivity index (χ4n) is 5.39. The van der Waals surface area contributed by atoms with Crippen molar-refractivity contribution < 1.29 is 26.7 Å². The molecule has 0 unspecified atom stereocenters. The first-order chi connectivity index (χ1) is 18.6. The number of carbonyl (C=O) groups is 1. The lowest BCUT2D eigenvalue weighted by Crippen LogP contribution is -2.42. The molecule has 3 fully saturated rings. The van der Waals surface area contributed by atoms with Crippen molar-refractivity contribution in [3.8, 4) is 0 Å². The van der Waals surface area contributed by atoms with Crippen molar-refractivity contribution >= 4 is 43.0 Å². The van der Waals surface area contributed by atoms with Crippen LogP contribution in [0.5, 0.6) is 0 Å². The van der Waals surface area contributed by atoms with E-state index in [1.54, 1.807) is 51.1 Å². The molecule has 3 aliphatic rings. The molecule has 1 aliphatic heterocycles. The van der Waals surface area contributed by atoms with Gasteiger partial charge in [0.15, 0.2) is 0 Å². The minimum atomic E-state index is -3.79. The smallest absolute Gasteiger partial charge is 0.257 e. The Morgan fingerprint density at radius 2 is 1.62 bits per heavy atom. The van der Waals surface area contributed by atoms with E-state index in [2.05, 4.69) is 19.7 Å². The molecule has 0 aromatic heterocycles. The van der Waals surface area contributed by atoms with Gasteiger partial charge < -0.3 is 15.3 Å². The molecule has 2 saturated carbocycles. The van der Waals surface area contributed by atoms with Crippen LogP contribution in [0.25, 0.3) is 0 Å². The summed E-state index contributed by atoms with van der Waals surface area (Å²) in [5.74, 6) is -0.420. The minimum Gasteiger partial charge on any atom is -0.393 e. The molecule has 5 rings (SSSR count). The lowest BCUT2D eigenvalue weighted by atomic mass is 9.93. The number of aliphatic hydroxyl groups is 1. The van der Waals surface area contributed by atoms with Gasteiger partial charge in [-0.1, -0.05) is 6.07 Å². The SMILES string of the molecule is CC(C)(C)NS(=O)(=O)c1cccc(NC(=O)c2ccc(NS(=O)(=O)C3CC(O)C3)cc2N2CCC3(CC2)CC3)c1. The summed E-state index contributed by atoms with van der Waals surface area (Å²) in [6.45, 7) is 6.78. The van der Waals surface area contributed by atoms with Crippen LogP contribution in [0.2, 0.25) is 0 Å². The highest BCUT2D eigenvalue weighted by molar-refractivity contribution is 7.93. The van der Waals surface area contributed by atoms with Crippen LogP contribution in [0.1, 0.15) is 69.7 Å². The average Bonchev–Trinajstić information content (AvgIpc) is 3.59. The predicted molar refractivity (Wildman–Crippen MR) is 156 cm³/mol. The molecule has 10 nitrogen and oxygen atoms in total. The highest BCUT2D eigenvalue weighted by Gasteiger charge is 2.45. The number of nitrogens with one attached hydrogen (secondary N) is 3. The second-order valence-corrected chi connectivity index (χ2v) is 16.1. The van der Waals surface area contributed by atoms with Crippen LogP contribution in [0.3, 0.4) is 0 Å². The molecule has 2 aromatic carbocycles. The number of rotatable bonds is 8. The quantitative estimate of drug-likeness (QED) is 0.367. The van der Waals surface area contributed by atoms with Gasteiger partial charge in [-0.15, -0.1) is 0 Å². The third-order valence-electron chi connectivity index (χ3n) is 7.98. The van der Waals surface area contributed by atoms with Gasteiger partial charge in [-0.25, -0.2) is 21.6 Å². The zero-order valence-electron chi connectivity index (χ0n) is 23.1. The van der Waals surface area contributed by atoms with Crippen LogP contribution in [0.15, 0.2) is 47.4 Å². The van der Waals surface area contributed by atoms with Crippen molar-refractivity contribution in [2.75, 3.05) is 28.0 Å². The molecule has 4 N–H and O–H groups in total. The van der Waals surface area contributed by atoms with E-state index in [0.717, 1.165) is 25.9 Å². The zero-order valence-corrected chi connectivity index (χ0v) is 24.7. The van der Waals surface area contributed by atoms with E-state index in [0.29, 0.717) is 28.0 Å². The van der Waals surface area contributed by atoms with E-state index in [1.807, 2.05) is 0 Å². The van der Waals surface area contributed by atoms with Crippen LogP contribution in [-0.2, 0) is 20.0 Å². The van der Waals surface area contributed by atoms with Gasteiger partial charge >= 0.3 is 0 Å². The van der Waals surface area contributed by atoms with Gasteiger partial charge in [0, 0.05) is 24.3 Å². The Labute approximate surface area is 236 Å². The molecule has 12 heteroatoms. The van der Waals surface area contributed by atoms with Gasteiger partial charge in [-0.2, -0.15) is 0 Å². The topological polar surface area (TPSA) is 145 Å². The van der Waals surface area contributed by atoms with Gasteiger partial charge in [0.25, 0.3) is 5.91 Å².